The number of likely N-dealkylation sites (N-methyl/N-ethyl adjacent to an activating group) is 1. The molecule has 4 N–H and O–H groups in total. The molecule has 1 fully saturated rings. The lowest BCUT2D eigenvalue weighted by atomic mass is 10.1. The molecule has 1 aromatic carbocycles. The zero-order valence-electron chi connectivity index (χ0n) is 14.9. The molecule has 0 spiro atoms. The molecule has 8 heteroatoms. The van der Waals surface area contributed by atoms with Gasteiger partial charge in [0, 0.05) is 25.2 Å². The summed E-state index contributed by atoms with van der Waals surface area (Å²) < 4.78 is 5.72. The number of carbonyl (C=O) groups is 1. The van der Waals surface area contributed by atoms with Crippen molar-refractivity contribution in [1.29, 1.82) is 0 Å². The quantitative estimate of drug-likeness (QED) is 0.677. The second-order valence-electron chi connectivity index (χ2n) is 6.41. The summed E-state index contributed by atoms with van der Waals surface area (Å²) in [5.74, 6) is 0.116. The molecule has 0 aliphatic carbocycles. The Morgan fingerprint density at radius 2 is 2.12 bits per heavy atom. The van der Waals surface area contributed by atoms with Crippen LogP contribution in [0.3, 0.4) is 0 Å². The summed E-state index contributed by atoms with van der Waals surface area (Å²) in [5, 5.41) is 12.3. The van der Waals surface area contributed by atoms with Gasteiger partial charge in [-0.25, -0.2) is 9.78 Å². The van der Waals surface area contributed by atoms with Gasteiger partial charge in [0.2, 0.25) is 5.95 Å². The lowest BCUT2D eigenvalue weighted by Gasteiger charge is -2.40. The minimum absolute atomic E-state index is 0.232. The van der Waals surface area contributed by atoms with Gasteiger partial charge in [-0.3, -0.25) is 0 Å². The predicted octanol–water partition coefficient (Wildman–Crippen LogP) is 1.19. The molecule has 0 radical (unpaired) electrons. The van der Waals surface area contributed by atoms with Crippen LogP contribution < -0.4 is 16.0 Å². The van der Waals surface area contributed by atoms with Crippen LogP contribution in [0.25, 0.3) is 0 Å². The number of aryl methyl sites for hydroxylation is 1. The molecule has 26 heavy (non-hydrogen) atoms. The normalized spacial score (nSPS) is 14.3. The molecule has 1 aliphatic heterocycles. The number of carboxylic acids is 1. The van der Waals surface area contributed by atoms with Crippen molar-refractivity contribution < 1.29 is 14.6 Å². The molecule has 0 amide bonds. The lowest BCUT2D eigenvalue weighted by Crippen LogP contribution is -2.57. The number of hydrogen-bond acceptors (Lipinski definition) is 7. The van der Waals surface area contributed by atoms with Gasteiger partial charge in [-0.2, -0.15) is 4.98 Å². The third-order valence-corrected chi connectivity index (χ3v) is 4.44. The standard InChI is InChI=1S/C18H23N5O3/c1-11-5-12(3-4-15(11)17(24)25)9-26-10-13-6-16(22-18(19)21-13)23-7-14(8-23)20-2/h3-6,14,20H,7-10H2,1-2H3,(H,24,25)(H2,19,21,22). The Labute approximate surface area is 152 Å². The fraction of sp³-hybridized carbons (Fsp3) is 0.389. The number of nitrogens with one attached hydrogen (secondary N) is 1. The Morgan fingerprint density at radius 1 is 1.35 bits per heavy atom. The average molecular weight is 357 g/mol. The number of nitrogen functional groups attached to an aromatic ring is 1. The van der Waals surface area contributed by atoms with Crippen molar-refractivity contribution in [1.82, 2.24) is 15.3 Å². The number of nitrogens with zero attached hydrogens (tertiary/aromatic N) is 3. The highest BCUT2D eigenvalue weighted by Crippen LogP contribution is 2.20. The van der Waals surface area contributed by atoms with Crippen LogP contribution in [-0.2, 0) is 18.0 Å². The zero-order valence-corrected chi connectivity index (χ0v) is 14.9. The average Bonchev–Trinajstić information content (AvgIpc) is 2.53. The summed E-state index contributed by atoms with van der Waals surface area (Å²) in [6.07, 6.45) is 0. The van der Waals surface area contributed by atoms with Crippen LogP contribution in [0.4, 0.5) is 11.8 Å². The van der Waals surface area contributed by atoms with Crippen LogP contribution in [-0.4, -0.2) is 47.2 Å². The maximum Gasteiger partial charge on any atom is 0.335 e. The van der Waals surface area contributed by atoms with E-state index in [9.17, 15) is 4.79 Å². The Bertz CT molecular complexity index is 805. The van der Waals surface area contributed by atoms with E-state index in [1.54, 1.807) is 19.1 Å². The first-order chi connectivity index (χ1) is 12.5. The topological polar surface area (TPSA) is 114 Å². The van der Waals surface area contributed by atoms with Gasteiger partial charge in [0.05, 0.1) is 24.5 Å². The molecule has 2 heterocycles. The lowest BCUT2D eigenvalue weighted by molar-refractivity contribution is 0.0695. The highest BCUT2D eigenvalue weighted by molar-refractivity contribution is 5.89. The largest absolute Gasteiger partial charge is 0.478 e. The maximum atomic E-state index is 11.1. The fourth-order valence-corrected chi connectivity index (χ4v) is 2.92. The summed E-state index contributed by atoms with van der Waals surface area (Å²) in [4.78, 5) is 21.7. The van der Waals surface area contributed by atoms with Gasteiger partial charge >= 0.3 is 5.97 Å². The van der Waals surface area contributed by atoms with E-state index in [4.69, 9.17) is 15.6 Å². The summed E-state index contributed by atoms with van der Waals surface area (Å²) in [7, 11) is 1.94. The number of anilines is 2. The fourth-order valence-electron chi connectivity index (χ4n) is 2.92. The molecular weight excluding hydrogens is 334 g/mol. The van der Waals surface area contributed by atoms with Gasteiger partial charge < -0.3 is 25.8 Å². The minimum Gasteiger partial charge on any atom is -0.478 e. The van der Waals surface area contributed by atoms with Gasteiger partial charge in [0.25, 0.3) is 0 Å². The summed E-state index contributed by atoms with van der Waals surface area (Å²) in [5.41, 5.74) is 8.46. The molecule has 1 aromatic heterocycles. The second-order valence-corrected chi connectivity index (χ2v) is 6.41. The number of ether oxygens (including phenoxy) is 1. The van der Waals surface area contributed by atoms with Crippen molar-refractivity contribution in [2.45, 2.75) is 26.2 Å². The molecule has 138 valence electrons. The number of hydrogen-bond donors (Lipinski definition) is 3. The van der Waals surface area contributed by atoms with Crippen LogP contribution in [0.15, 0.2) is 24.3 Å². The minimum atomic E-state index is -0.925. The first kappa shape index (κ1) is 18.1. The van der Waals surface area contributed by atoms with Crippen molar-refractivity contribution in [3.8, 4) is 0 Å². The monoisotopic (exact) mass is 357 g/mol. The van der Waals surface area contributed by atoms with Gasteiger partial charge in [0.1, 0.15) is 5.82 Å². The molecule has 1 saturated heterocycles. The number of carboxylic acid groups (broad SMARTS) is 1. The van der Waals surface area contributed by atoms with Crippen LogP contribution in [0, 0.1) is 6.92 Å². The van der Waals surface area contributed by atoms with E-state index in [-0.39, 0.29) is 5.95 Å². The van der Waals surface area contributed by atoms with E-state index in [2.05, 4.69) is 20.2 Å². The number of aromatic carboxylic acids is 1. The molecule has 3 rings (SSSR count). The third-order valence-electron chi connectivity index (χ3n) is 4.44. The molecule has 8 nitrogen and oxygen atoms in total. The van der Waals surface area contributed by atoms with E-state index >= 15 is 0 Å². The van der Waals surface area contributed by atoms with Crippen LogP contribution in [0.2, 0.25) is 0 Å². The molecule has 0 saturated carbocycles. The van der Waals surface area contributed by atoms with E-state index in [0.717, 1.165) is 30.2 Å². The third kappa shape index (κ3) is 4.09. The highest BCUT2D eigenvalue weighted by Gasteiger charge is 2.26. The molecule has 0 atom stereocenters. The first-order valence-corrected chi connectivity index (χ1v) is 8.42. The Balaban J connectivity index is 1.59. The number of benzene rings is 1. The molecule has 2 aromatic rings. The molecule has 1 aliphatic rings. The van der Waals surface area contributed by atoms with E-state index in [1.165, 1.54) is 0 Å². The maximum absolute atomic E-state index is 11.1. The number of rotatable bonds is 7. The van der Waals surface area contributed by atoms with Crippen molar-refractivity contribution in [3.05, 3.63) is 46.6 Å². The zero-order chi connectivity index (χ0) is 18.7. The predicted molar refractivity (Wildman–Crippen MR) is 98.1 cm³/mol. The summed E-state index contributed by atoms with van der Waals surface area (Å²) in [6.45, 7) is 4.23. The highest BCUT2D eigenvalue weighted by atomic mass is 16.5. The SMILES string of the molecule is CNC1CN(c2cc(COCc3ccc(C(=O)O)c(C)c3)nc(N)n2)C1. The summed E-state index contributed by atoms with van der Waals surface area (Å²) in [6, 6.07) is 7.54. The molecular formula is C18H23N5O3. The van der Waals surface area contributed by atoms with Gasteiger partial charge in [0.15, 0.2) is 0 Å². The van der Waals surface area contributed by atoms with E-state index in [1.807, 2.05) is 19.2 Å². The smallest absolute Gasteiger partial charge is 0.335 e. The van der Waals surface area contributed by atoms with Gasteiger partial charge in [-0.05, 0) is 31.2 Å². The number of aromatic nitrogens is 2. The molecule has 0 unspecified atom stereocenters. The van der Waals surface area contributed by atoms with Crippen molar-refractivity contribution >= 4 is 17.7 Å². The van der Waals surface area contributed by atoms with E-state index in [0.29, 0.717) is 30.4 Å². The van der Waals surface area contributed by atoms with Crippen LogP contribution >= 0.6 is 0 Å². The van der Waals surface area contributed by atoms with Crippen molar-refractivity contribution in [2.24, 2.45) is 0 Å². The Morgan fingerprint density at radius 3 is 2.77 bits per heavy atom. The molecule has 0 bridgehead atoms. The van der Waals surface area contributed by atoms with Gasteiger partial charge in [-0.1, -0.05) is 12.1 Å². The van der Waals surface area contributed by atoms with Gasteiger partial charge in [-0.15, -0.1) is 0 Å². The van der Waals surface area contributed by atoms with Crippen molar-refractivity contribution in [3.63, 3.8) is 0 Å². The number of nitrogens with two attached hydrogens (primary N) is 1. The van der Waals surface area contributed by atoms with E-state index < -0.39 is 5.97 Å². The van der Waals surface area contributed by atoms with Crippen LogP contribution in [0.1, 0.15) is 27.2 Å². The Kier molecular flexibility index (Phi) is 5.34. The second kappa shape index (κ2) is 7.67. The summed E-state index contributed by atoms with van der Waals surface area (Å²) >= 11 is 0. The van der Waals surface area contributed by atoms with Crippen LogP contribution in [0.5, 0.6) is 0 Å². The Hall–Kier alpha value is -2.71. The first-order valence-electron chi connectivity index (χ1n) is 8.42. The van der Waals surface area contributed by atoms with Crippen molar-refractivity contribution in [2.75, 3.05) is 30.8 Å².